The molecule has 0 fully saturated rings. The van der Waals surface area contributed by atoms with Crippen LogP contribution < -0.4 is 5.32 Å². The lowest BCUT2D eigenvalue weighted by Gasteiger charge is -2.05. The Morgan fingerprint density at radius 1 is 1.38 bits per heavy atom. The van der Waals surface area contributed by atoms with Crippen molar-refractivity contribution in [2.24, 2.45) is 0 Å². The van der Waals surface area contributed by atoms with Gasteiger partial charge >= 0.3 is 0 Å². The van der Waals surface area contributed by atoms with Crippen LogP contribution in [0.2, 0.25) is 0 Å². The number of rotatable bonds is 4. The van der Waals surface area contributed by atoms with Gasteiger partial charge in [0.1, 0.15) is 5.82 Å². The first-order chi connectivity index (χ1) is 7.70. The number of benzene rings is 1. The van der Waals surface area contributed by atoms with Crippen molar-refractivity contribution < 1.29 is 9.18 Å². The SMILES string of the molecule is O=C1Cc2cc(CCCCCl)cc(F)c2N1. The molecule has 1 aromatic rings. The van der Waals surface area contributed by atoms with Crippen LogP contribution in [0.15, 0.2) is 12.1 Å². The summed E-state index contributed by atoms with van der Waals surface area (Å²) in [6.45, 7) is 0. The molecule has 0 spiro atoms. The smallest absolute Gasteiger partial charge is 0.228 e. The second-order valence-electron chi connectivity index (χ2n) is 3.98. The number of aryl methyl sites for hydroxylation is 1. The molecule has 1 amide bonds. The molecule has 0 bridgehead atoms. The Morgan fingerprint density at radius 2 is 2.19 bits per heavy atom. The molecule has 0 aliphatic carbocycles. The number of hydrogen-bond acceptors (Lipinski definition) is 1. The Kier molecular flexibility index (Phi) is 3.44. The maximum Gasteiger partial charge on any atom is 0.228 e. The monoisotopic (exact) mass is 241 g/mol. The van der Waals surface area contributed by atoms with Crippen molar-refractivity contribution in [3.05, 3.63) is 29.1 Å². The second kappa shape index (κ2) is 4.83. The highest BCUT2D eigenvalue weighted by atomic mass is 35.5. The minimum absolute atomic E-state index is 0.133. The number of nitrogens with one attached hydrogen (secondary N) is 1. The average Bonchev–Trinajstić information content (AvgIpc) is 2.60. The van der Waals surface area contributed by atoms with E-state index in [0.29, 0.717) is 11.6 Å². The van der Waals surface area contributed by atoms with Gasteiger partial charge in [-0.3, -0.25) is 4.79 Å². The zero-order valence-corrected chi connectivity index (χ0v) is 9.61. The molecule has 0 aromatic heterocycles. The summed E-state index contributed by atoms with van der Waals surface area (Å²) >= 11 is 5.58. The van der Waals surface area contributed by atoms with E-state index >= 15 is 0 Å². The largest absolute Gasteiger partial charge is 0.323 e. The molecular weight excluding hydrogens is 229 g/mol. The molecule has 1 heterocycles. The first-order valence-electron chi connectivity index (χ1n) is 5.38. The van der Waals surface area contributed by atoms with Crippen molar-refractivity contribution in [2.45, 2.75) is 25.7 Å². The molecule has 1 aromatic carbocycles. The molecule has 0 radical (unpaired) electrons. The number of halogens is 2. The Balaban J connectivity index is 2.15. The Labute approximate surface area is 98.8 Å². The first kappa shape index (κ1) is 11.4. The van der Waals surface area contributed by atoms with E-state index in [4.69, 9.17) is 11.6 Å². The molecule has 2 rings (SSSR count). The van der Waals surface area contributed by atoms with Gasteiger partial charge in [-0.15, -0.1) is 11.6 Å². The maximum absolute atomic E-state index is 13.6. The topological polar surface area (TPSA) is 29.1 Å². The van der Waals surface area contributed by atoms with Crippen LogP contribution in [0.1, 0.15) is 24.0 Å². The Hall–Kier alpha value is -1.09. The van der Waals surface area contributed by atoms with Gasteiger partial charge in [-0.05, 0) is 36.5 Å². The molecule has 0 saturated heterocycles. The summed E-state index contributed by atoms with van der Waals surface area (Å²) in [5.74, 6) is 0.170. The number of carbonyl (C=O) groups excluding carboxylic acids is 1. The van der Waals surface area contributed by atoms with Gasteiger partial charge in [-0.1, -0.05) is 6.07 Å². The molecule has 1 aliphatic rings. The lowest BCUT2D eigenvalue weighted by atomic mass is 10.0. The van der Waals surface area contributed by atoms with Gasteiger partial charge in [0.25, 0.3) is 0 Å². The normalized spacial score (nSPS) is 13.8. The van der Waals surface area contributed by atoms with Crippen molar-refractivity contribution in [3.63, 3.8) is 0 Å². The van der Waals surface area contributed by atoms with E-state index in [9.17, 15) is 9.18 Å². The van der Waals surface area contributed by atoms with Gasteiger partial charge < -0.3 is 5.32 Å². The van der Waals surface area contributed by atoms with E-state index in [1.807, 2.05) is 6.07 Å². The number of fused-ring (bicyclic) bond motifs is 1. The molecule has 0 atom stereocenters. The summed E-state index contributed by atoms with van der Waals surface area (Å²) in [4.78, 5) is 11.1. The van der Waals surface area contributed by atoms with E-state index < -0.39 is 0 Å². The molecule has 2 nitrogen and oxygen atoms in total. The molecule has 0 saturated carbocycles. The van der Waals surface area contributed by atoms with E-state index in [-0.39, 0.29) is 18.1 Å². The highest BCUT2D eigenvalue weighted by Gasteiger charge is 2.21. The summed E-state index contributed by atoms with van der Waals surface area (Å²) in [5.41, 5.74) is 2.06. The van der Waals surface area contributed by atoms with Crippen LogP contribution in [0, 0.1) is 5.82 Å². The zero-order chi connectivity index (χ0) is 11.5. The summed E-state index contributed by atoms with van der Waals surface area (Å²) in [6.07, 6.45) is 2.97. The minimum atomic E-state index is -0.329. The molecule has 1 aliphatic heterocycles. The van der Waals surface area contributed by atoms with Gasteiger partial charge in [0, 0.05) is 5.88 Å². The van der Waals surface area contributed by atoms with Crippen molar-refractivity contribution >= 4 is 23.2 Å². The number of alkyl halides is 1. The van der Waals surface area contributed by atoms with Crippen LogP contribution >= 0.6 is 11.6 Å². The minimum Gasteiger partial charge on any atom is -0.323 e. The van der Waals surface area contributed by atoms with Crippen molar-refractivity contribution in [1.29, 1.82) is 0 Å². The first-order valence-corrected chi connectivity index (χ1v) is 5.91. The van der Waals surface area contributed by atoms with Crippen molar-refractivity contribution in [3.8, 4) is 0 Å². The van der Waals surface area contributed by atoms with E-state index in [0.717, 1.165) is 30.4 Å². The third-order valence-electron chi connectivity index (χ3n) is 2.70. The maximum atomic E-state index is 13.6. The highest BCUT2D eigenvalue weighted by Crippen LogP contribution is 2.28. The van der Waals surface area contributed by atoms with Crippen LogP contribution in [-0.2, 0) is 17.6 Å². The van der Waals surface area contributed by atoms with Crippen LogP contribution in [-0.4, -0.2) is 11.8 Å². The standard InChI is InChI=1S/C12H13ClFNO/c13-4-2-1-3-8-5-9-7-11(16)15-12(9)10(14)6-8/h5-6H,1-4,7H2,(H,15,16). The van der Waals surface area contributed by atoms with Gasteiger partial charge in [-0.25, -0.2) is 4.39 Å². The van der Waals surface area contributed by atoms with Crippen LogP contribution in [0.4, 0.5) is 10.1 Å². The summed E-state index contributed by atoms with van der Waals surface area (Å²) in [7, 11) is 0. The molecule has 4 heteroatoms. The molecule has 0 unspecified atom stereocenters. The van der Waals surface area contributed by atoms with Crippen LogP contribution in [0.5, 0.6) is 0 Å². The Bertz CT molecular complexity index is 420. The second-order valence-corrected chi connectivity index (χ2v) is 4.36. The molecular formula is C12H13ClFNO. The van der Waals surface area contributed by atoms with E-state index in [1.165, 1.54) is 6.07 Å². The highest BCUT2D eigenvalue weighted by molar-refractivity contribution is 6.17. The fourth-order valence-electron chi connectivity index (χ4n) is 1.93. The number of unbranched alkanes of at least 4 members (excludes halogenated alkanes) is 1. The molecule has 1 N–H and O–H groups in total. The third-order valence-corrected chi connectivity index (χ3v) is 2.96. The fraction of sp³-hybridized carbons (Fsp3) is 0.417. The van der Waals surface area contributed by atoms with Crippen molar-refractivity contribution in [2.75, 3.05) is 11.2 Å². The van der Waals surface area contributed by atoms with Gasteiger partial charge in [0.05, 0.1) is 12.1 Å². The molecule has 16 heavy (non-hydrogen) atoms. The third kappa shape index (κ3) is 2.35. The lowest BCUT2D eigenvalue weighted by molar-refractivity contribution is -0.115. The van der Waals surface area contributed by atoms with E-state index in [1.54, 1.807) is 0 Å². The zero-order valence-electron chi connectivity index (χ0n) is 8.85. The Morgan fingerprint density at radius 3 is 2.94 bits per heavy atom. The van der Waals surface area contributed by atoms with Crippen LogP contribution in [0.3, 0.4) is 0 Å². The average molecular weight is 242 g/mol. The van der Waals surface area contributed by atoms with Gasteiger partial charge in [0.15, 0.2) is 0 Å². The number of hydrogen-bond donors (Lipinski definition) is 1. The summed E-state index contributed by atoms with van der Waals surface area (Å²) in [5, 5.41) is 2.53. The molecule has 86 valence electrons. The van der Waals surface area contributed by atoms with Gasteiger partial charge in [-0.2, -0.15) is 0 Å². The number of anilines is 1. The number of amides is 1. The van der Waals surface area contributed by atoms with Crippen LogP contribution in [0.25, 0.3) is 0 Å². The van der Waals surface area contributed by atoms with E-state index in [2.05, 4.69) is 5.32 Å². The summed E-state index contributed by atoms with van der Waals surface area (Å²) < 4.78 is 13.6. The predicted molar refractivity (Wildman–Crippen MR) is 62.4 cm³/mol. The fourth-order valence-corrected chi connectivity index (χ4v) is 2.12. The quantitative estimate of drug-likeness (QED) is 0.637. The lowest BCUT2D eigenvalue weighted by Crippen LogP contribution is -2.04. The number of carbonyl (C=O) groups is 1. The van der Waals surface area contributed by atoms with Gasteiger partial charge in [0.2, 0.25) is 5.91 Å². The summed E-state index contributed by atoms with van der Waals surface area (Å²) in [6, 6.07) is 3.41. The van der Waals surface area contributed by atoms with Crippen molar-refractivity contribution in [1.82, 2.24) is 0 Å². The predicted octanol–water partition coefficient (Wildman–Crippen LogP) is 2.88.